The Bertz CT molecular complexity index is 635. The van der Waals surface area contributed by atoms with Gasteiger partial charge in [0, 0.05) is 19.4 Å². The summed E-state index contributed by atoms with van der Waals surface area (Å²) in [5.41, 5.74) is 0.718. The second-order valence-corrected chi connectivity index (χ2v) is 3.93. The number of hydrogen-bond donors (Lipinski definition) is 0. The molecule has 1 aliphatic heterocycles. The summed E-state index contributed by atoms with van der Waals surface area (Å²) in [5, 5.41) is 0. The van der Waals surface area contributed by atoms with Gasteiger partial charge in [0.2, 0.25) is 11.9 Å². The van der Waals surface area contributed by atoms with Crippen molar-refractivity contribution in [2.24, 2.45) is 0 Å². The highest BCUT2D eigenvalue weighted by Crippen LogP contribution is 2.24. The second-order valence-electron chi connectivity index (χ2n) is 3.93. The first-order chi connectivity index (χ1) is 8.66. The first-order valence-electron chi connectivity index (χ1n) is 5.32. The number of fused-ring (bicyclic) bond motifs is 1. The van der Waals surface area contributed by atoms with Crippen LogP contribution >= 0.6 is 0 Å². The molecule has 1 amide bonds. The van der Waals surface area contributed by atoms with Crippen LogP contribution < -0.4 is 4.90 Å². The fourth-order valence-electron chi connectivity index (χ4n) is 1.79. The molecular formula is C11H9N5O2. The first kappa shape index (κ1) is 10.6. The molecule has 0 N–H and O–H groups in total. The molecule has 0 atom stereocenters. The molecule has 0 aromatic carbocycles. The second kappa shape index (κ2) is 3.73. The number of nitrogens with zero attached hydrogens (tertiary/aromatic N) is 5. The topological polar surface area (TPSA) is 81.0 Å². The minimum Gasteiger partial charge on any atom is -0.312 e. The van der Waals surface area contributed by atoms with Gasteiger partial charge in [-0.15, -0.1) is 0 Å². The molecule has 3 rings (SSSR count). The van der Waals surface area contributed by atoms with Crippen LogP contribution in [0.25, 0.3) is 5.95 Å². The SMILES string of the molecule is CN1C(=O)CC(=O)c2nc(-n3ccnc3)ncc21. The van der Waals surface area contributed by atoms with Crippen molar-refractivity contribution in [3.05, 3.63) is 30.6 Å². The summed E-state index contributed by atoms with van der Waals surface area (Å²) < 4.78 is 1.60. The highest BCUT2D eigenvalue weighted by Gasteiger charge is 2.29. The zero-order valence-corrected chi connectivity index (χ0v) is 9.57. The molecule has 90 valence electrons. The number of amides is 1. The number of carbonyl (C=O) groups excluding carboxylic acids is 2. The third-order valence-corrected chi connectivity index (χ3v) is 2.80. The van der Waals surface area contributed by atoms with Gasteiger partial charge in [-0.05, 0) is 0 Å². The maximum Gasteiger partial charge on any atom is 0.235 e. The summed E-state index contributed by atoms with van der Waals surface area (Å²) in [6.45, 7) is 0. The number of carbonyl (C=O) groups is 2. The molecule has 3 heterocycles. The van der Waals surface area contributed by atoms with Gasteiger partial charge in [-0.3, -0.25) is 14.2 Å². The lowest BCUT2D eigenvalue weighted by Gasteiger charge is -2.23. The average molecular weight is 243 g/mol. The van der Waals surface area contributed by atoms with Crippen LogP contribution in [0.4, 0.5) is 5.69 Å². The third-order valence-electron chi connectivity index (χ3n) is 2.80. The molecule has 0 fully saturated rings. The van der Waals surface area contributed by atoms with E-state index in [-0.39, 0.29) is 23.8 Å². The highest BCUT2D eigenvalue weighted by atomic mass is 16.2. The molecule has 0 spiro atoms. The third kappa shape index (κ3) is 1.48. The van der Waals surface area contributed by atoms with Crippen molar-refractivity contribution < 1.29 is 9.59 Å². The van der Waals surface area contributed by atoms with E-state index in [4.69, 9.17) is 0 Å². The quantitative estimate of drug-likeness (QED) is 0.669. The molecule has 7 heteroatoms. The summed E-state index contributed by atoms with van der Waals surface area (Å²) in [6, 6.07) is 0. The zero-order valence-electron chi connectivity index (χ0n) is 9.57. The van der Waals surface area contributed by atoms with Gasteiger partial charge in [-0.1, -0.05) is 0 Å². The molecule has 1 aliphatic rings. The van der Waals surface area contributed by atoms with E-state index in [2.05, 4.69) is 15.0 Å². The Kier molecular flexibility index (Phi) is 2.19. The number of imidazole rings is 1. The van der Waals surface area contributed by atoms with Gasteiger partial charge in [0.05, 0.1) is 18.3 Å². The normalized spacial score (nSPS) is 14.8. The molecule has 0 aliphatic carbocycles. The van der Waals surface area contributed by atoms with Crippen molar-refractivity contribution in [2.45, 2.75) is 6.42 Å². The average Bonchev–Trinajstić information content (AvgIpc) is 2.89. The van der Waals surface area contributed by atoms with Crippen molar-refractivity contribution >= 4 is 17.4 Å². The minimum atomic E-state index is -0.281. The van der Waals surface area contributed by atoms with Gasteiger partial charge in [0.1, 0.15) is 12.0 Å². The monoisotopic (exact) mass is 243 g/mol. The number of ketones is 1. The molecule has 0 bridgehead atoms. The Morgan fingerprint density at radius 1 is 1.33 bits per heavy atom. The number of rotatable bonds is 1. The van der Waals surface area contributed by atoms with E-state index in [1.54, 1.807) is 30.3 Å². The van der Waals surface area contributed by atoms with E-state index in [1.165, 1.54) is 11.1 Å². The van der Waals surface area contributed by atoms with Gasteiger partial charge in [-0.2, -0.15) is 0 Å². The van der Waals surface area contributed by atoms with Crippen LogP contribution in [0.15, 0.2) is 24.9 Å². The number of aromatic nitrogens is 4. The van der Waals surface area contributed by atoms with Crippen molar-refractivity contribution in [2.75, 3.05) is 11.9 Å². The van der Waals surface area contributed by atoms with Crippen LogP contribution in [0.3, 0.4) is 0 Å². The Hall–Kier alpha value is -2.57. The predicted molar refractivity (Wildman–Crippen MR) is 61.5 cm³/mol. The van der Waals surface area contributed by atoms with Gasteiger partial charge in [-0.25, -0.2) is 15.0 Å². The fraction of sp³-hybridized carbons (Fsp3) is 0.182. The summed E-state index contributed by atoms with van der Waals surface area (Å²) >= 11 is 0. The molecule has 0 radical (unpaired) electrons. The van der Waals surface area contributed by atoms with E-state index in [9.17, 15) is 9.59 Å². The number of anilines is 1. The number of hydrogen-bond acceptors (Lipinski definition) is 5. The Balaban J connectivity index is 2.13. The van der Waals surface area contributed by atoms with Crippen LogP contribution in [-0.2, 0) is 4.79 Å². The molecule has 18 heavy (non-hydrogen) atoms. The Morgan fingerprint density at radius 2 is 2.17 bits per heavy atom. The zero-order chi connectivity index (χ0) is 12.7. The van der Waals surface area contributed by atoms with Crippen molar-refractivity contribution in [3.8, 4) is 5.95 Å². The minimum absolute atomic E-state index is 0.149. The van der Waals surface area contributed by atoms with Gasteiger partial charge < -0.3 is 4.90 Å². The lowest BCUT2D eigenvalue weighted by molar-refractivity contribution is -0.117. The van der Waals surface area contributed by atoms with E-state index in [0.717, 1.165) is 0 Å². The van der Waals surface area contributed by atoms with E-state index in [0.29, 0.717) is 11.6 Å². The molecule has 7 nitrogen and oxygen atoms in total. The van der Waals surface area contributed by atoms with Crippen molar-refractivity contribution in [1.29, 1.82) is 0 Å². The predicted octanol–water partition coefficient (Wildman–Crippen LogP) is 0.211. The van der Waals surface area contributed by atoms with Crippen molar-refractivity contribution in [1.82, 2.24) is 19.5 Å². The molecule has 0 saturated heterocycles. The summed E-state index contributed by atoms with van der Waals surface area (Å²) in [5.74, 6) is -0.161. The first-order valence-corrected chi connectivity index (χ1v) is 5.32. The smallest absolute Gasteiger partial charge is 0.235 e. The summed E-state index contributed by atoms with van der Waals surface area (Å²) in [7, 11) is 1.61. The fourth-order valence-corrected chi connectivity index (χ4v) is 1.79. The lowest BCUT2D eigenvalue weighted by atomic mass is 10.1. The van der Waals surface area contributed by atoms with Gasteiger partial charge >= 0.3 is 0 Å². The molecule has 0 unspecified atom stereocenters. The largest absolute Gasteiger partial charge is 0.312 e. The van der Waals surface area contributed by atoms with Crippen LogP contribution in [0.1, 0.15) is 16.9 Å². The Labute approximate surface area is 102 Å². The van der Waals surface area contributed by atoms with Crippen LogP contribution in [0, 0.1) is 0 Å². The van der Waals surface area contributed by atoms with Crippen LogP contribution in [0.5, 0.6) is 0 Å². The molecular weight excluding hydrogens is 234 g/mol. The molecule has 2 aromatic rings. The van der Waals surface area contributed by atoms with Crippen LogP contribution in [0.2, 0.25) is 0 Å². The summed E-state index contributed by atoms with van der Waals surface area (Å²) in [4.78, 5) is 36.9. The van der Waals surface area contributed by atoms with Gasteiger partial charge in [0.15, 0.2) is 5.78 Å². The van der Waals surface area contributed by atoms with E-state index in [1.807, 2.05) is 0 Å². The van der Waals surface area contributed by atoms with E-state index >= 15 is 0 Å². The lowest BCUT2D eigenvalue weighted by Crippen LogP contribution is -2.35. The highest BCUT2D eigenvalue weighted by molar-refractivity contribution is 6.18. The number of Topliss-reactive ketones (excluding diaryl/α,β-unsaturated/α-hetero) is 1. The van der Waals surface area contributed by atoms with Gasteiger partial charge in [0.25, 0.3) is 0 Å². The molecule has 2 aromatic heterocycles. The Morgan fingerprint density at radius 3 is 2.89 bits per heavy atom. The van der Waals surface area contributed by atoms with E-state index < -0.39 is 0 Å². The standard InChI is InChI=1S/C11H9N5O2/c1-15-7-5-13-11(16-3-2-12-6-16)14-10(7)8(17)4-9(15)18/h2-3,5-6H,4H2,1H3. The van der Waals surface area contributed by atoms with Crippen molar-refractivity contribution in [3.63, 3.8) is 0 Å². The van der Waals surface area contributed by atoms with Crippen LogP contribution in [-0.4, -0.2) is 38.3 Å². The molecule has 0 saturated carbocycles. The summed E-state index contributed by atoms with van der Waals surface area (Å²) in [6.07, 6.45) is 6.16. The maximum atomic E-state index is 11.8. The maximum absolute atomic E-state index is 11.8.